The molecule has 0 amide bonds. The van der Waals surface area contributed by atoms with Crippen LogP contribution in [0.5, 0.6) is 0 Å². The molecule has 0 aliphatic carbocycles. The van der Waals surface area contributed by atoms with Crippen LogP contribution in [-0.2, 0) is 6.42 Å². The van der Waals surface area contributed by atoms with Crippen molar-refractivity contribution >= 4 is 11.3 Å². The third kappa shape index (κ3) is 2.82. The fourth-order valence-electron chi connectivity index (χ4n) is 2.25. The maximum absolute atomic E-state index is 3.59. The molecule has 1 unspecified atom stereocenters. The van der Waals surface area contributed by atoms with Crippen molar-refractivity contribution in [1.82, 2.24) is 5.32 Å². The third-order valence-corrected chi connectivity index (χ3v) is 4.20. The molecule has 1 aromatic heterocycles. The fraction of sp³-hybridized carbons (Fsp3) is 0.375. The quantitative estimate of drug-likeness (QED) is 0.843. The molecule has 0 saturated carbocycles. The van der Waals surface area contributed by atoms with Crippen molar-refractivity contribution in [1.29, 1.82) is 0 Å². The van der Waals surface area contributed by atoms with Crippen molar-refractivity contribution in [2.24, 2.45) is 0 Å². The summed E-state index contributed by atoms with van der Waals surface area (Å²) in [6, 6.07) is 11.5. The Morgan fingerprint density at radius 1 is 1.11 bits per heavy atom. The summed E-state index contributed by atoms with van der Waals surface area (Å²) in [5.74, 6) is 0. The van der Waals surface area contributed by atoms with E-state index in [1.54, 1.807) is 0 Å². The summed E-state index contributed by atoms with van der Waals surface area (Å²) in [7, 11) is 0. The molecule has 0 bridgehead atoms. The van der Waals surface area contributed by atoms with Gasteiger partial charge in [0, 0.05) is 4.88 Å². The number of nitrogens with one attached hydrogen (secondary N) is 1. The summed E-state index contributed by atoms with van der Waals surface area (Å²) >= 11 is 1.82. The zero-order valence-electron chi connectivity index (χ0n) is 11.4. The Morgan fingerprint density at radius 3 is 2.33 bits per heavy atom. The second-order valence-electron chi connectivity index (χ2n) is 4.52. The SMILES string of the molecule is CCNC(c1ccc(CC)cc1)c1ccsc1C. The molecule has 0 fully saturated rings. The Bertz CT molecular complexity index is 484. The molecule has 2 aromatic rings. The third-order valence-electron chi connectivity index (χ3n) is 3.34. The predicted molar refractivity (Wildman–Crippen MR) is 80.4 cm³/mol. The lowest BCUT2D eigenvalue weighted by atomic mass is 9.98. The highest BCUT2D eigenvalue weighted by Crippen LogP contribution is 2.28. The molecule has 1 N–H and O–H groups in total. The van der Waals surface area contributed by atoms with Crippen molar-refractivity contribution in [3.63, 3.8) is 0 Å². The van der Waals surface area contributed by atoms with Gasteiger partial charge in [0.1, 0.15) is 0 Å². The summed E-state index contributed by atoms with van der Waals surface area (Å²) in [6.45, 7) is 7.54. The number of hydrogen-bond acceptors (Lipinski definition) is 2. The maximum Gasteiger partial charge on any atom is 0.0587 e. The zero-order chi connectivity index (χ0) is 13.0. The first-order valence-corrected chi connectivity index (χ1v) is 7.50. The molecule has 0 aliphatic rings. The minimum absolute atomic E-state index is 0.326. The van der Waals surface area contributed by atoms with Crippen LogP contribution in [0.15, 0.2) is 35.7 Å². The summed E-state index contributed by atoms with van der Waals surface area (Å²) in [5.41, 5.74) is 4.16. The van der Waals surface area contributed by atoms with Gasteiger partial charge in [0.15, 0.2) is 0 Å². The van der Waals surface area contributed by atoms with E-state index in [-0.39, 0.29) is 0 Å². The molecular formula is C16H21NS. The number of benzene rings is 1. The van der Waals surface area contributed by atoms with Gasteiger partial charge < -0.3 is 5.32 Å². The second kappa shape index (κ2) is 6.17. The van der Waals surface area contributed by atoms with Gasteiger partial charge in [-0.2, -0.15) is 0 Å². The standard InChI is InChI=1S/C16H21NS/c1-4-13-6-8-14(9-7-13)16(17-5-2)15-10-11-18-12(15)3/h6-11,16-17H,4-5H2,1-3H3. The lowest BCUT2D eigenvalue weighted by Gasteiger charge is -2.19. The smallest absolute Gasteiger partial charge is 0.0587 e. The van der Waals surface area contributed by atoms with Crippen LogP contribution in [0.4, 0.5) is 0 Å². The van der Waals surface area contributed by atoms with Crippen molar-refractivity contribution in [2.75, 3.05) is 6.54 Å². The summed E-state index contributed by atoms with van der Waals surface area (Å²) < 4.78 is 0. The average Bonchev–Trinajstić information content (AvgIpc) is 2.82. The van der Waals surface area contributed by atoms with E-state index in [1.165, 1.54) is 21.6 Å². The van der Waals surface area contributed by atoms with Crippen LogP contribution in [0, 0.1) is 6.92 Å². The molecule has 1 aromatic carbocycles. The normalized spacial score (nSPS) is 12.6. The minimum Gasteiger partial charge on any atom is -0.306 e. The molecule has 18 heavy (non-hydrogen) atoms. The van der Waals surface area contributed by atoms with Crippen LogP contribution in [-0.4, -0.2) is 6.54 Å². The van der Waals surface area contributed by atoms with Gasteiger partial charge >= 0.3 is 0 Å². The Labute approximate surface area is 114 Å². The van der Waals surface area contributed by atoms with Gasteiger partial charge in [0.05, 0.1) is 6.04 Å². The number of rotatable bonds is 5. The summed E-state index contributed by atoms with van der Waals surface area (Å²) in [6.07, 6.45) is 1.10. The Morgan fingerprint density at radius 2 is 1.83 bits per heavy atom. The van der Waals surface area contributed by atoms with Crippen LogP contribution in [0.2, 0.25) is 0 Å². The molecule has 1 atom stereocenters. The van der Waals surface area contributed by atoms with E-state index < -0.39 is 0 Å². The van der Waals surface area contributed by atoms with Crippen LogP contribution in [0.25, 0.3) is 0 Å². The first-order valence-electron chi connectivity index (χ1n) is 6.62. The highest BCUT2D eigenvalue weighted by atomic mass is 32.1. The number of hydrogen-bond donors (Lipinski definition) is 1. The second-order valence-corrected chi connectivity index (χ2v) is 5.64. The first-order chi connectivity index (χ1) is 8.76. The van der Waals surface area contributed by atoms with Gasteiger partial charge in [0.25, 0.3) is 0 Å². The molecule has 0 aliphatic heterocycles. The number of thiophene rings is 1. The van der Waals surface area contributed by atoms with Crippen LogP contribution in [0.3, 0.4) is 0 Å². The molecule has 2 rings (SSSR count). The van der Waals surface area contributed by atoms with Crippen LogP contribution >= 0.6 is 11.3 Å². The molecular weight excluding hydrogens is 238 g/mol. The highest BCUT2D eigenvalue weighted by molar-refractivity contribution is 7.10. The van der Waals surface area contributed by atoms with E-state index in [4.69, 9.17) is 0 Å². The first kappa shape index (κ1) is 13.3. The topological polar surface area (TPSA) is 12.0 Å². The van der Waals surface area contributed by atoms with Gasteiger partial charge in [-0.15, -0.1) is 11.3 Å². The van der Waals surface area contributed by atoms with Gasteiger partial charge in [-0.3, -0.25) is 0 Å². The van der Waals surface area contributed by atoms with Gasteiger partial charge in [-0.25, -0.2) is 0 Å². The van der Waals surface area contributed by atoms with E-state index >= 15 is 0 Å². The lowest BCUT2D eigenvalue weighted by Crippen LogP contribution is -2.22. The maximum atomic E-state index is 3.59. The fourth-order valence-corrected chi connectivity index (χ4v) is 2.99. The van der Waals surface area contributed by atoms with Gasteiger partial charge in [-0.1, -0.05) is 38.1 Å². The lowest BCUT2D eigenvalue weighted by molar-refractivity contribution is 0.630. The molecule has 0 radical (unpaired) electrons. The van der Waals surface area contributed by atoms with Crippen LogP contribution in [0.1, 0.15) is 41.5 Å². The largest absolute Gasteiger partial charge is 0.306 e. The molecule has 0 saturated heterocycles. The van der Waals surface area contributed by atoms with Crippen molar-refractivity contribution in [3.8, 4) is 0 Å². The van der Waals surface area contributed by atoms with Gasteiger partial charge in [0.2, 0.25) is 0 Å². The molecule has 1 heterocycles. The van der Waals surface area contributed by atoms with E-state index in [9.17, 15) is 0 Å². The molecule has 1 nitrogen and oxygen atoms in total. The molecule has 0 spiro atoms. The summed E-state index contributed by atoms with van der Waals surface area (Å²) in [4.78, 5) is 1.40. The van der Waals surface area contributed by atoms with E-state index in [0.717, 1.165) is 13.0 Å². The van der Waals surface area contributed by atoms with Gasteiger partial charge in [-0.05, 0) is 48.0 Å². The van der Waals surface area contributed by atoms with Crippen LogP contribution < -0.4 is 5.32 Å². The van der Waals surface area contributed by atoms with Crippen molar-refractivity contribution in [3.05, 3.63) is 57.3 Å². The Hall–Kier alpha value is -1.12. The Kier molecular flexibility index (Phi) is 4.56. The number of aryl methyl sites for hydroxylation is 2. The molecule has 96 valence electrons. The summed E-state index contributed by atoms with van der Waals surface area (Å²) in [5, 5.41) is 5.76. The van der Waals surface area contributed by atoms with E-state index in [0.29, 0.717) is 6.04 Å². The molecule has 2 heteroatoms. The average molecular weight is 259 g/mol. The minimum atomic E-state index is 0.326. The zero-order valence-corrected chi connectivity index (χ0v) is 12.2. The highest BCUT2D eigenvalue weighted by Gasteiger charge is 2.15. The van der Waals surface area contributed by atoms with E-state index in [2.05, 4.69) is 61.8 Å². The monoisotopic (exact) mass is 259 g/mol. The predicted octanol–water partition coefficient (Wildman–Crippen LogP) is 4.32. The van der Waals surface area contributed by atoms with E-state index in [1.807, 2.05) is 11.3 Å². The van der Waals surface area contributed by atoms with Crippen molar-refractivity contribution in [2.45, 2.75) is 33.2 Å². The Balaban J connectivity index is 2.32. The van der Waals surface area contributed by atoms with Crippen molar-refractivity contribution < 1.29 is 0 Å².